The average molecular weight is 251 g/mol. The zero-order chi connectivity index (χ0) is 13.5. The van der Waals surface area contributed by atoms with Crippen molar-refractivity contribution >= 4 is 11.7 Å². The first-order valence-corrected chi connectivity index (χ1v) is 5.68. The van der Waals surface area contributed by atoms with Crippen molar-refractivity contribution in [3.8, 4) is 0 Å². The summed E-state index contributed by atoms with van der Waals surface area (Å²) in [5.41, 5.74) is 2.83. The molecule has 0 spiro atoms. The van der Waals surface area contributed by atoms with Crippen LogP contribution in [0.15, 0.2) is 24.3 Å². The normalized spacial score (nSPS) is 22.7. The fourth-order valence-electron chi connectivity index (χ4n) is 2.07. The van der Waals surface area contributed by atoms with Crippen LogP contribution >= 0.6 is 0 Å². The van der Waals surface area contributed by atoms with Crippen molar-refractivity contribution in [3.05, 3.63) is 29.8 Å². The van der Waals surface area contributed by atoms with E-state index in [1.165, 1.54) is 4.90 Å². The van der Waals surface area contributed by atoms with Gasteiger partial charge in [0.1, 0.15) is 11.7 Å². The van der Waals surface area contributed by atoms with E-state index in [0.29, 0.717) is 10.8 Å². The summed E-state index contributed by atoms with van der Waals surface area (Å²) in [5, 5.41) is 19.7. The van der Waals surface area contributed by atoms with Gasteiger partial charge in [-0.25, -0.2) is 4.79 Å². The molecule has 2 amide bonds. The predicted octanol–water partition coefficient (Wildman–Crippen LogP) is 1.71. The second kappa shape index (κ2) is 4.24. The zero-order valence-electron chi connectivity index (χ0n) is 10.6. The molecule has 3 N–H and O–H groups in total. The van der Waals surface area contributed by atoms with Gasteiger partial charge in [-0.3, -0.25) is 10.1 Å². The third-order valence-electron chi connectivity index (χ3n) is 3.29. The van der Waals surface area contributed by atoms with Gasteiger partial charge in [-0.1, -0.05) is 17.7 Å². The van der Waals surface area contributed by atoms with E-state index in [1.807, 2.05) is 19.1 Å². The van der Waals surface area contributed by atoms with Crippen LogP contribution in [0.4, 0.5) is 10.5 Å². The molecule has 1 aliphatic heterocycles. The van der Waals surface area contributed by atoms with Crippen molar-refractivity contribution in [1.82, 2.24) is 10.5 Å². The minimum absolute atomic E-state index is 0.574. The summed E-state index contributed by atoms with van der Waals surface area (Å²) in [5.74, 6) is 0. The zero-order valence-corrected chi connectivity index (χ0v) is 10.6. The summed E-state index contributed by atoms with van der Waals surface area (Å²) in [6.07, 6.45) is -0.724. The van der Waals surface area contributed by atoms with E-state index in [1.54, 1.807) is 26.0 Å². The molecule has 1 aromatic carbocycles. The Morgan fingerprint density at radius 1 is 1.28 bits per heavy atom. The highest BCUT2D eigenvalue weighted by molar-refractivity contribution is 5.95. The molecule has 1 atom stereocenters. The van der Waals surface area contributed by atoms with Crippen molar-refractivity contribution in [2.45, 2.75) is 32.5 Å². The van der Waals surface area contributed by atoms with Crippen LogP contribution in [0.2, 0.25) is 0 Å². The summed E-state index contributed by atoms with van der Waals surface area (Å²) in [4.78, 5) is 13.3. The molecular weight excluding hydrogens is 234 g/mol. The third kappa shape index (κ3) is 1.74. The minimum Gasteiger partial charge on any atom is -0.315 e. The molecule has 1 heterocycles. The number of carbonyl (C=O) groups is 1. The van der Waals surface area contributed by atoms with Gasteiger partial charge in [0.05, 0.1) is 0 Å². The van der Waals surface area contributed by atoms with Crippen molar-refractivity contribution in [2.24, 2.45) is 0 Å². The highest BCUT2D eigenvalue weighted by atomic mass is 16.5. The first-order chi connectivity index (χ1) is 8.39. The van der Waals surface area contributed by atoms with Gasteiger partial charge in [0.25, 0.3) is 0 Å². The van der Waals surface area contributed by atoms with E-state index in [-0.39, 0.29) is 0 Å². The monoisotopic (exact) mass is 251 g/mol. The van der Waals surface area contributed by atoms with Gasteiger partial charge < -0.3 is 5.21 Å². The summed E-state index contributed by atoms with van der Waals surface area (Å²) >= 11 is 0. The number of aryl methyl sites for hydroxylation is 1. The Balaban J connectivity index is 2.43. The Labute approximate surface area is 105 Å². The molecule has 0 bridgehead atoms. The van der Waals surface area contributed by atoms with E-state index in [4.69, 9.17) is 0 Å². The molecule has 0 radical (unpaired) electrons. The van der Waals surface area contributed by atoms with Crippen LogP contribution in [0, 0.1) is 6.92 Å². The fourth-order valence-corrected chi connectivity index (χ4v) is 2.07. The summed E-state index contributed by atoms with van der Waals surface area (Å²) in [6, 6.07) is 6.70. The standard InChI is InChI=1S/C12H17N3O3/c1-8-4-6-9(7-5-8)14-10(13-17)12(2,3)15(18)11(14)16/h4-7,10,13,17-18H,1-3H3. The number of hydrogen-bond donors (Lipinski definition) is 3. The van der Waals surface area contributed by atoms with Gasteiger partial charge in [0.15, 0.2) is 0 Å². The average Bonchev–Trinajstić information content (AvgIpc) is 2.51. The second-order valence-electron chi connectivity index (χ2n) is 4.99. The first-order valence-electron chi connectivity index (χ1n) is 5.68. The van der Waals surface area contributed by atoms with Crippen molar-refractivity contribution in [3.63, 3.8) is 0 Å². The Kier molecular flexibility index (Phi) is 3.02. The van der Waals surface area contributed by atoms with Gasteiger partial charge in [0.2, 0.25) is 0 Å². The first kappa shape index (κ1) is 12.8. The SMILES string of the molecule is Cc1ccc(N2C(=O)N(O)C(C)(C)C2NO)cc1. The van der Waals surface area contributed by atoms with Crippen LogP contribution in [0.5, 0.6) is 0 Å². The van der Waals surface area contributed by atoms with Gasteiger partial charge in [-0.2, -0.15) is 10.5 Å². The van der Waals surface area contributed by atoms with Crippen LogP contribution in [-0.2, 0) is 0 Å². The van der Waals surface area contributed by atoms with Crippen LogP contribution in [0.1, 0.15) is 19.4 Å². The van der Waals surface area contributed by atoms with E-state index < -0.39 is 17.7 Å². The summed E-state index contributed by atoms with van der Waals surface area (Å²) in [6.45, 7) is 5.26. The Morgan fingerprint density at radius 3 is 2.33 bits per heavy atom. The molecule has 6 nitrogen and oxygen atoms in total. The number of nitrogens with one attached hydrogen (secondary N) is 1. The molecule has 2 rings (SSSR count). The molecule has 6 heteroatoms. The number of anilines is 1. The molecule has 0 saturated carbocycles. The maximum absolute atomic E-state index is 12.0. The smallest absolute Gasteiger partial charge is 0.315 e. The third-order valence-corrected chi connectivity index (χ3v) is 3.29. The Hall–Kier alpha value is -1.63. The molecule has 1 unspecified atom stereocenters. The molecule has 1 aromatic rings. The van der Waals surface area contributed by atoms with Crippen LogP contribution in [0.3, 0.4) is 0 Å². The van der Waals surface area contributed by atoms with E-state index in [0.717, 1.165) is 5.56 Å². The highest BCUT2D eigenvalue weighted by Crippen LogP contribution is 2.33. The number of amides is 2. The van der Waals surface area contributed by atoms with Crippen LogP contribution < -0.4 is 10.4 Å². The number of benzene rings is 1. The van der Waals surface area contributed by atoms with Crippen molar-refractivity contribution in [2.75, 3.05) is 4.90 Å². The largest absolute Gasteiger partial charge is 0.350 e. The summed E-state index contributed by atoms with van der Waals surface area (Å²) in [7, 11) is 0. The molecule has 0 aromatic heterocycles. The molecule has 1 saturated heterocycles. The number of hydrogen-bond acceptors (Lipinski definition) is 4. The maximum atomic E-state index is 12.0. The second-order valence-corrected chi connectivity index (χ2v) is 4.99. The molecule has 1 aliphatic rings. The lowest BCUT2D eigenvalue weighted by atomic mass is 10.0. The van der Waals surface area contributed by atoms with Gasteiger partial charge in [-0.15, -0.1) is 0 Å². The maximum Gasteiger partial charge on any atom is 0.350 e. The Bertz CT molecular complexity index is 458. The molecule has 0 aliphatic carbocycles. The molecule has 1 fully saturated rings. The van der Waals surface area contributed by atoms with Gasteiger partial charge >= 0.3 is 6.03 Å². The predicted molar refractivity (Wildman–Crippen MR) is 65.5 cm³/mol. The highest BCUT2D eigenvalue weighted by Gasteiger charge is 2.52. The fraction of sp³-hybridized carbons (Fsp3) is 0.417. The lowest BCUT2D eigenvalue weighted by Crippen LogP contribution is -2.53. The minimum atomic E-state index is -0.934. The van der Waals surface area contributed by atoms with E-state index in [2.05, 4.69) is 5.48 Å². The van der Waals surface area contributed by atoms with Gasteiger partial charge in [-0.05, 0) is 32.9 Å². The van der Waals surface area contributed by atoms with Crippen molar-refractivity contribution in [1.29, 1.82) is 0 Å². The molecular formula is C12H17N3O3. The summed E-state index contributed by atoms with van der Waals surface area (Å²) < 4.78 is 0. The number of nitrogens with zero attached hydrogens (tertiary/aromatic N) is 2. The lowest BCUT2D eigenvalue weighted by Gasteiger charge is -2.30. The molecule has 18 heavy (non-hydrogen) atoms. The quantitative estimate of drug-likeness (QED) is 0.552. The number of carbonyl (C=O) groups excluding carboxylic acids is 1. The molecule has 98 valence electrons. The lowest BCUT2D eigenvalue weighted by molar-refractivity contribution is -0.110. The number of urea groups is 1. The topological polar surface area (TPSA) is 76.0 Å². The van der Waals surface area contributed by atoms with E-state index >= 15 is 0 Å². The number of hydroxylamine groups is 3. The number of rotatable bonds is 2. The van der Waals surface area contributed by atoms with Crippen LogP contribution in [0.25, 0.3) is 0 Å². The van der Waals surface area contributed by atoms with Gasteiger partial charge in [0, 0.05) is 5.69 Å². The van der Waals surface area contributed by atoms with E-state index in [9.17, 15) is 15.2 Å². The van der Waals surface area contributed by atoms with Crippen molar-refractivity contribution < 1.29 is 15.2 Å². The van der Waals surface area contributed by atoms with Crippen LogP contribution in [-0.4, -0.2) is 33.2 Å². The Morgan fingerprint density at radius 2 is 1.83 bits per heavy atom.